The zero-order chi connectivity index (χ0) is 21.5. The van der Waals surface area contributed by atoms with E-state index < -0.39 is 0 Å². The van der Waals surface area contributed by atoms with E-state index in [0.717, 1.165) is 44.4 Å². The van der Waals surface area contributed by atoms with Gasteiger partial charge in [0.15, 0.2) is 5.82 Å². The third-order valence-electron chi connectivity index (χ3n) is 5.39. The minimum atomic E-state index is 0.613. The number of halogens is 1. The van der Waals surface area contributed by atoms with Crippen LogP contribution in [0, 0.1) is 6.92 Å². The van der Waals surface area contributed by atoms with Crippen LogP contribution in [-0.4, -0.2) is 26.8 Å². The van der Waals surface area contributed by atoms with Crippen molar-refractivity contribution in [3.63, 3.8) is 0 Å². The fraction of sp³-hybridized carbons (Fsp3) is 0.125. The molecule has 0 saturated heterocycles. The standard InChI is InChI=1S/C24H21ClN6/c1-14-7-9-19-22(31(3)30-23(19)28-18-6-4-5-17(25)12-18)21(14)15-8-10-20-16(11-15)13-27-24(26-2)29-20/h4-13H,1-3H3,(H,28,30)(H,26,27,29). The second kappa shape index (κ2) is 7.56. The fourth-order valence-corrected chi connectivity index (χ4v) is 4.13. The van der Waals surface area contributed by atoms with Crippen molar-refractivity contribution >= 4 is 50.9 Å². The molecule has 7 heteroatoms. The molecule has 0 bridgehead atoms. The SMILES string of the molecule is CNc1ncc2cc(-c3c(C)ccc4c(Nc5cccc(Cl)c5)nn(C)c34)ccc2n1. The van der Waals surface area contributed by atoms with E-state index in [4.69, 9.17) is 16.7 Å². The van der Waals surface area contributed by atoms with E-state index in [1.165, 1.54) is 5.56 Å². The Balaban J connectivity index is 1.66. The first-order valence-corrected chi connectivity index (χ1v) is 10.3. The van der Waals surface area contributed by atoms with E-state index in [1.54, 1.807) is 0 Å². The summed E-state index contributed by atoms with van der Waals surface area (Å²) in [6.45, 7) is 2.12. The van der Waals surface area contributed by atoms with Crippen molar-refractivity contribution in [3.05, 3.63) is 71.4 Å². The topological polar surface area (TPSA) is 67.7 Å². The van der Waals surface area contributed by atoms with Crippen molar-refractivity contribution in [2.24, 2.45) is 7.05 Å². The van der Waals surface area contributed by atoms with E-state index in [0.29, 0.717) is 11.0 Å². The second-order valence-corrected chi connectivity index (χ2v) is 7.91. The molecular formula is C24H21ClN6. The number of hydrogen-bond acceptors (Lipinski definition) is 5. The zero-order valence-electron chi connectivity index (χ0n) is 17.4. The molecule has 0 unspecified atom stereocenters. The molecule has 0 aliphatic heterocycles. The maximum atomic E-state index is 6.15. The van der Waals surface area contributed by atoms with Crippen LogP contribution in [0.4, 0.5) is 17.5 Å². The van der Waals surface area contributed by atoms with Gasteiger partial charge in [-0.3, -0.25) is 4.68 Å². The van der Waals surface area contributed by atoms with Gasteiger partial charge in [-0.1, -0.05) is 29.8 Å². The molecule has 154 valence electrons. The molecule has 0 radical (unpaired) electrons. The van der Waals surface area contributed by atoms with Crippen LogP contribution in [-0.2, 0) is 7.05 Å². The van der Waals surface area contributed by atoms with Gasteiger partial charge in [-0.05, 0) is 54.4 Å². The molecule has 0 aliphatic carbocycles. The van der Waals surface area contributed by atoms with Gasteiger partial charge in [0.2, 0.25) is 5.95 Å². The molecule has 0 fully saturated rings. The number of fused-ring (bicyclic) bond motifs is 2. The summed E-state index contributed by atoms with van der Waals surface area (Å²) in [5, 5.41) is 13.9. The minimum Gasteiger partial charge on any atom is -0.357 e. The second-order valence-electron chi connectivity index (χ2n) is 7.48. The lowest BCUT2D eigenvalue weighted by Crippen LogP contribution is -1.97. The summed E-state index contributed by atoms with van der Waals surface area (Å²) in [6.07, 6.45) is 1.85. The number of hydrogen-bond donors (Lipinski definition) is 2. The molecular weight excluding hydrogens is 408 g/mol. The Hall–Kier alpha value is -3.64. The van der Waals surface area contributed by atoms with Gasteiger partial charge in [0.05, 0.1) is 11.0 Å². The Morgan fingerprint density at radius 2 is 1.90 bits per heavy atom. The highest BCUT2D eigenvalue weighted by molar-refractivity contribution is 6.30. The van der Waals surface area contributed by atoms with Crippen LogP contribution >= 0.6 is 11.6 Å². The first-order valence-electron chi connectivity index (χ1n) is 9.97. The first kappa shape index (κ1) is 19.3. The van der Waals surface area contributed by atoms with Crippen LogP contribution in [0.3, 0.4) is 0 Å². The Bertz CT molecular complexity index is 1440. The van der Waals surface area contributed by atoms with Gasteiger partial charge in [0, 0.05) is 47.3 Å². The first-order chi connectivity index (χ1) is 15.0. The van der Waals surface area contributed by atoms with Crippen LogP contribution < -0.4 is 10.6 Å². The van der Waals surface area contributed by atoms with Crippen molar-refractivity contribution in [3.8, 4) is 11.1 Å². The lowest BCUT2D eigenvalue weighted by molar-refractivity contribution is 0.801. The summed E-state index contributed by atoms with van der Waals surface area (Å²) in [7, 11) is 3.79. The summed E-state index contributed by atoms with van der Waals surface area (Å²) in [6, 6.07) is 18.2. The average Bonchev–Trinajstić information content (AvgIpc) is 3.08. The predicted octanol–water partition coefficient (Wildman–Crippen LogP) is 5.93. The quantitative estimate of drug-likeness (QED) is 0.371. The Kier molecular flexibility index (Phi) is 4.71. The van der Waals surface area contributed by atoms with E-state index >= 15 is 0 Å². The number of aromatic nitrogens is 4. The summed E-state index contributed by atoms with van der Waals surface area (Å²) >= 11 is 6.15. The maximum Gasteiger partial charge on any atom is 0.222 e. The van der Waals surface area contributed by atoms with Crippen LogP contribution in [0.2, 0.25) is 5.02 Å². The minimum absolute atomic E-state index is 0.613. The highest BCUT2D eigenvalue weighted by Crippen LogP contribution is 2.37. The molecule has 0 spiro atoms. The lowest BCUT2D eigenvalue weighted by Gasteiger charge is -2.11. The van der Waals surface area contributed by atoms with Crippen molar-refractivity contribution in [2.45, 2.75) is 6.92 Å². The van der Waals surface area contributed by atoms with E-state index in [1.807, 2.05) is 55.3 Å². The van der Waals surface area contributed by atoms with E-state index in [-0.39, 0.29) is 0 Å². The highest BCUT2D eigenvalue weighted by atomic mass is 35.5. The predicted molar refractivity (Wildman–Crippen MR) is 128 cm³/mol. The van der Waals surface area contributed by atoms with Crippen molar-refractivity contribution in [1.82, 2.24) is 19.7 Å². The largest absolute Gasteiger partial charge is 0.357 e. The van der Waals surface area contributed by atoms with Crippen LogP contribution in [0.1, 0.15) is 5.56 Å². The zero-order valence-corrected chi connectivity index (χ0v) is 18.2. The molecule has 2 N–H and O–H groups in total. The van der Waals surface area contributed by atoms with Crippen molar-refractivity contribution in [2.75, 3.05) is 17.7 Å². The Morgan fingerprint density at radius 3 is 2.71 bits per heavy atom. The maximum absolute atomic E-state index is 6.15. The number of nitrogens with zero attached hydrogens (tertiary/aromatic N) is 4. The summed E-state index contributed by atoms with van der Waals surface area (Å²) in [5.74, 6) is 1.41. The Labute approximate surface area is 184 Å². The number of rotatable bonds is 4. The van der Waals surface area contributed by atoms with E-state index in [2.05, 4.69) is 51.8 Å². The lowest BCUT2D eigenvalue weighted by atomic mass is 9.96. The molecule has 0 amide bonds. The average molecular weight is 429 g/mol. The van der Waals surface area contributed by atoms with Crippen molar-refractivity contribution < 1.29 is 0 Å². The molecule has 6 nitrogen and oxygen atoms in total. The molecule has 0 saturated carbocycles. The van der Waals surface area contributed by atoms with Gasteiger partial charge in [0.1, 0.15) is 0 Å². The Morgan fingerprint density at radius 1 is 1.03 bits per heavy atom. The highest BCUT2D eigenvalue weighted by Gasteiger charge is 2.16. The van der Waals surface area contributed by atoms with E-state index in [9.17, 15) is 0 Å². The van der Waals surface area contributed by atoms with Gasteiger partial charge >= 0.3 is 0 Å². The summed E-state index contributed by atoms with van der Waals surface area (Å²) in [5.41, 5.74) is 6.30. The van der Waals surface area contributed by atoms with Gasteiger partial charge in [-0.2, -0.15) is 5.10 Å². The molecule has 3 aromatic carbocycles. The van der Waals surface area contributed by atoms with Gasteiger partial charge in [-0.15, -0.1) is 0 Å². The third kappa shape index (κ3) is 3.45. The molecule has 0 aliphatic rings. The fourth-order valence-electron chi connectivity index (χ4n) is 3.94. The third-order valence-corrected chi connectivity index (χ3v) is 5.63. The number of nitrogens with one attached hydrogen (secondary N) is 2. The number of anilines is 3. The van der Waals surface area contributed by atoms with Gasteiger partial charge in [-0.25, -0.2) is 9.97 Å². The van der Waals surface area contributed by atoms with Crippen LogP contribution in [0.15, 0.2) is 60.8 Å². The number of benzene rings is 3. The normalized spacial score (nSPS) is 11.2. The van der Waals surface area contributed by atoms with Gasteiger partial charge < -0.3 is 10.6 Å². The molecule has 0 atom stereocenters. The van der Waals surface area contributed by atoms with Gasteiger partial charge in [0.25, 0.3) is 0 Å². The molecule has 2 aromatic heterocycles. The van der Waals surface area contributed by atoms with Crippen LogP contribution in [0.25, 0.3) is 32.9 Å². The molecule has 31 heavy (non-hydrogen) atoms. The monoisotopic (exact) mass is 428 g/mol. The van der Waals surface area contributed by atoms with Crippen molar-refractivity contribution in [1.29, 1.82) is 0 Å². The molecule has 2 heterocycles. The molecule has 5 rings (SSSR count). The smallest absolute Gasteiger partial charge is 0.222 e. The molecule has 5 aromatic rings. The van der Waals surface area contributed by atoms with Crippen LogP contribution in [0.5, 0.6) is 0 Å². The summed E-state index contributed by atoms with van der Waals surface area (Å²) in [4.78, 5) is 8.89. The number of aryl methyl sites for hydroxylation is 2. The summed E-state index contributed by atoms with van der Waals surface area (Å²) < 4.78 is 1.93.